The maximum Gasteiger partial charge on any atom is 0.295 e. The Hall–Kier alpha value is -4.47. The molecular weight excluding hydrogens is 440 g/mol. The molecule has 3 aromatic rings. The highest BCUT2D eigenvalue weighted by Crippen LogP contribution is 2.40. The van der Waals surface area contributed by atoms with Crippen LogP contribution >= 0.6 is 0 Å². The first kappa shape index (κ1) is 22.7. The number of imidazole rings is 1. The molecule has 1 N–H and O–H groups in total. The van der Waals surface area contributed by atoms with E-state index >= 15 is 0 Å². The number of aliphatic hydroxyl groups is 1. The van der Waals surface area contributed by atoms with Crippen LogP contribution in [0.15, 0.2) is 72.8 Å². The highest BCUT2D eigenvalue weighted by molar-refractivity contribution is 6.46. The molecule has 1 saturated heterocycles. The lowest BCUT2D eigenvalue weighted by Gasteiger charge is -2.25. The number of benzene rings is 2. The van der Waals surface area contributed by atoms with Crippen LogP contribution in [0.2, 0.25) is 0 Å². The second kappa shape index (κ2) is 9.57. The largest absolute Gasteiger partial charge is 0.507 e. The van der Waals surface area contributed by atoms with Gasteiger partial charge in [-0.2, -0.15) is 0 Å². The van der Waals surface area contributed by atoms with E-state index in [9.17, 15) is 24.8 Å². The molecule has 1 aromatic heterocycles. The number of Topliss-reactive ketones (excluding diaryl/α,β-unsaturated/α-hetero) is 1. The SMILES string of the molecule is COc1cccc(/C(O)=C2\C(=O)C(=O)N(CCCn3ccnc3)[C@@H]2c2cccc([N+](=O)[O-])c2)c1. The predicted octanol–water partition coefficient (Wildman–Crippen LogP) is 3.31. The van der Waals surface area contributed by atoms with Crippen molar-refractivity contribution in [3.05, 3.63) is 94.1 Å². The molecule has 0 aliphatic carbocycles. The van der Waals surface area contributed by atoms with E-state index < -0.39 is 22.7 Å². The third-order valence-electron chi connectivity index (χ3n) is 5.65. The van der Waals surface area contributed by atoms with E-state index in [1.165, 1.54) is 30.2 Å². The molecule has 1 amide bonds. The van der Waals surface area contributed by atoms with Crippen molar-refractivity contribution >= 4 is 23.1 Å². The van der Waals surface area contributed by atoms with E-state index in [1.54, 1.807) is 49.1 Å². The van der Waals surface area contributed by atoms with E-state index in [0.29, 0.717) is 29.8 Å². The van der Waals surface area contributed by atoms with Gasteiger partial charge in [0.15, 0.2) is 0 Å². The predicted molar refractivity (Wildman–Crippen MR) is 122 cm³/mol. The Bertz CT molecular complexity index is 1270. The van der Waals surface area contributed by atoms with Crippen molar-refractivity contribution in [3.63, 3.8) is 0 Å². The van der Waals surface area contributed by atoms with Crippen LogP contribution in [-0.4, -0.2) is 49.8 Å². The van der Waals surface area contributed by atoms with E-state index in [1.807, 2.05) is 4.57 Å². The summed E-state index contributed by atoms with van der Waals surface area (Å²) < 4.78 is 7.04. The smallest absolute Gasteiger partial charge is 0.295 e. The Morgan fingerprint density at radius 1 is 1.18 bits per heavy atom. The molecule has 0 radical (unpaired) electrons. The van der Waals surface area contributed by atoms with E-state index in [-0.39, 0.29) is 23.6 Å². The quantitative estimate of drug-likeness (QED) is 0.179. The summed E-state index contributed by atoms with van der Waals surface area (Å²) in [5.74, 6) is -1.53. The summed E-state index contributed by atoms with van der Waals surface area (Å²) in [6.45, 7) is 0.756. The number of aromatic nitrogens is 2. The molecule has 34 heavy (non-hydrogen) atoms. The molecular formula is C24H22N4O6. The average molecular weight is 462 g/mol. The van der Waals surface area contributed by atoms with Crippen molar-refractivity contribution in [3.8, 4) is 5.75 Å². The Balaban J connectivity index is 1.78. The number of rotatable bonds is 8. The molecule has 4 rings (SSSR count). The number of ether oxygens (including phenoxy) is 1. The summed E-state index contributed by atoms with van der Waals surface area (Å²) in [4.78, 5) is 42.3. The number of carbonyl (C=O) groups excluding carboxylic acids is 2. The molecule has 174 valence electrons. The second-order valence-corrected chi connectivity index (χ2v) is 7.73. The molecule has 1 aliphatic rings. The molecule has 2 heterocycles. The van der Waals surface area contributed by atoms with Crippen molar-refractivity contribution in [1.82, 2.24) is 14.5 Å². The van der Waals surface area contributed by atoms with Gasteiger partial charge in [0, 0.05) is 43.2 Å². The number of non-ortho nitro benzene ring substituents is 1. The highest BCUT2D eigenvalue weighted by atomic mass is 16.6. The van der Waals surface area contributed by atoms with E-state index in [4.69, 9.17) is 4.74 Å². The van der Waals surface area contributed by atoms with Crippen LogP contribution in [0.3, 0.4) is 0 Å². The number of aryl methyl sites for hydroxylation is 1. The first-order chi connectivity index (χ1) is 16.4. The van der Waals surface area contributed by atoms with Gasteiger partial charge in [0.05, 0.1) is 30.0 Å². The molecule has 2 aromatic carbocycles. The van der Waals surface area contributed by atoms with Gasteiger partial charge in [-0.05, 0) is 24.1 Å². The number of carbonyl (C=O) groups is 2. The molecule has 1 fully saturated rings. The minimum absolute atomic E-state index is 0.124. The van der Waals surface area contributed by atoms with E-state index in [0.717, 1.165) is 0 Å². The van der Waals surface area contributed by atoms with Gasteiger partial charge in [0.25, 0.3) is 17.4 Å². The zero-order valence-corrected chi connectivity index (χ0v) is 18.3. The van der Waals surface area contributed by atoms with Crippen LogP contribution in [0, 0.1) is 10.1 Å². The number of nitro benzene ring substituents is 1. The van der Waals surface area contributed by atoms with Gasteiger partial charge in [-0.25, -0.2) is 4.98 Å². The van der Waals surface area contributed by atoms with Crippen molar-refractivity contribution in [2.75, 3.05) is 13.7 Å². The third-order valence-corrected chi connectivity index (χ3v) is 5.65. The van der Waals surface area contributed by atoms with Crippen LogP contribution in [-0.2, 0) is 16.1 Å². The van der Waals surface area contributed by atoms with Crippen LogP contribution in [0.25, 0.3) is 5.76 Å². The van der Waals surface area contributed by atoms with Crippen molar-refractivity contribution in [2.45, 2.75) is 19.0 Å². The highest BCUT2D eigenvalue weighted by Gasteiger charge is 2.46. The Labute approximate surface area is 194 Å². The van der Waals surface area contributed by atoms with Crippen molar-refractivity contribution in [1.29, 1.82) is 0 Å². The Morgan fingerprint density at radius 2 is 1.97 bits per heavy atom. The summed E-state index contributed by atoms with van der Waals surface area (Å²) in [6, 6.07) is 11.2. The lowest BCUT2D eigenvalue weighted by molar-refractivity contribution is -0.384. The number of amides is 1. The minimum atomic E-state index is -0.978. The third kappa shape index (κ3) is 4.38. The average Bonchev–Trinajstić information content (AvgIpc) is 3.46. The van der Waals surface area contributed by atoms with Gasteiger partial charge >= 0.3 is 0 Å². The lowest BCUT2D eigenvalue weighted by atomic mass is 9.95. The summed E-state index contributed by atoms with van der Waals surface area (Å²) in [5, 5.41) is 22.5. The molecule has 1 atom stereocenters. The van der Waals surface area contributed by atoms with Crippen LogP contribution in [0.5, 0.6) is 5.75 Å². The zero-order valence-electron chi connectivity index (χ0n) is 18.3. The van der Waals surface area contributed by atoms with Gasteiger partial charge in [-0.1, -0.05) is 24.3 Å². The molecule has 0 unspecified atom stereocenters. The lowest BCUT2D eigenvalue weighted by Crippen LogP contribution is -2.31. The van der Waals surface area contributed by atoms with E-state index in [2.05, 4.69) is 4.98 Å². The number of ketones is 1. The number of nitrogens with zero attached hydrogens (tertiary/aromatic N) is 4. The van der Waals surface area contributed by atoms with Crippen LogP contribution < -0.4 is 4.74 Å². The molecule has 0 spiro atoms. The fourth-order valence-electron chi connectivity index (χ4n) is 4.03. The van der Waals surface area contributed by atoms with Crippen LogP contribution in [0.4, 0.5) is 5.69 Å². The number of nitro groups is 1. The van der Waals surface area contributed by atoms with Crippen molar-refractivity contribution < 1.29 is 24.4 Å². The molecule has 1 aliphatic heterocycles. The minimum Gasteiger partial charge on any atom is -0.507 e. The molecule has 10 nitrogen and oxygen atoms in total. The first-order valence-electron chi connectivity index (χ1n) is 10.5. The maximum absolute atomic E-state index is 13.1. The standard InChI is InChI=1S/C24H22N4O6/c1-34-19-8-3-6-17(14-19)22(29)20-21(16-5-2-7-18(13-16)28(32)33)27(24(31)23(20)30)11-4-10-26-12-9-25-15-26/h2-3,5-9,12-15,21,29H,4,10-11H2,1H3/b22-20+/t21-/m1/s1. The molecule has 10 heteroatoms. The second-order valence-electron chi connectivity index (χ2n) is 7.73. The summed E-state index contributed by atoms with van der Waals surface area (Å²) >= 11 is 0. The summed E-state index contributed by atoms with van der Waals surface area (Å²) in [6.07, 6.45) is 5.58. The fraction of sp³-hybridized carbons (Fsp3) is 0.208. The summed E-state index contributed by atoms with van der Waals surface area (Å²) in [7, 11) is 1.47. The normalized spacial score (nSPS) is 17.2. The number of methoxy groups -OCH3 is 1. The monoisotopic (exact) mass is 462 g/mol. The van der Waals surface area contributed by atoms with Gasteiger partial charge in [0.2, 0.25) is 0 Å². The molecule has 0 bridgehead atoms. The Kier molecular flexibility index (Phi) is 6.39. The van der Waals surface area contributed by atoms with Crippen molar-refractivity contribution in [2.24, 2.45) is 0 Å². The maximum atomic E-state index is 13.1. The van der Waals surface area contributed by atoms with Crippen LogP contribution in [0.1, 0.15) is 23.6 Å². The first-order valence-corrected chi connectivity index (χ1v) is 10.5. The number of likely N-dealkylation sites (tertiary alicyclic amines) is 1. The van der Waals surface area contributed by atoms with Gasteiger partial charge < -0.3 is 19.3 Å². The fourth-order valence-corrected chi connectivity index (χ4v) is 4.03. The van der Waals surface area contributed by atoms with Gasteiger partial charge in [-0.15, -0.1) is 0 Å². The zero-order chi connectivity index (χ0) is 24.2. The topological polar surface area (TPSA) is 128 Å². The number of hydrogen-bond donors (Lipinski definition) is 1. The number of hydrogen-bond acceptors (Lipinski definition) is 7. The molecule has 0 saturated carbocycles. The number of aliphatic hydroxyl groups excluding tert-OH is 1. The Morgan fingerprint density at radius 3 is 2.68 bits per heavy atom. The van der Waals surface area contributed by atoms with Gasteiger partial charge in [-0.3, -0.25) is 19.7 Å². The summed E-state index contributed by atoms with van der Waals surface area (Å²) in [5.41, 5.74) is 0.357. The van der Waals surface area contributed by atoms with Gasteiger partial charge in [0.1, 0.15) is 11.5 Å².